The highest BCUT2D eigenvalue weighted by atomic mass is 15.2. The maximum Gasteiger partial charge on any atom is 0.0236 e. The lowest BCUT2D eigenvalue weighted by molar-refractivity contribution is 0.186. The standard InChI is InChI=1S/C16H26N2/c1-2-16-9-4-3-5-10-18(16)13-15-8-6-7-14(11-15)12-17/h6-8,11,16H,2-5,9-10,12-13,17H2,1H3. The van der Waals surface area contributed by atoms with Crippen molar-refractivity contribution in [2.45, 2.75) is 58.2 Å². The van der Waals surface area contributed by atoms with Crippen LogP contribution in [-0.4, -0.2) is 17.5 Å². The van der Waals surface area contributed by atoms with Crippen molar-refractivity contribution < 1.29 is 0 Å². The van der Waals surface area contributed by atoms with Crippen molar-refractivity contribution in [3.05, 3.63) is 35.4 Å². The summed E-state index contributed by atoms with van der Waals surface area (Å²) in [5.74, 6) is 0. The van der Waals surface area contributed by atoms with Gasteiger partial charge in [-0.2, -0.15) is 0 Å². The fourth-order valence-electron chi connectivity index (χ4n) is 3.00. The van der Waals surface area contributed by atoms with Crippen LogP contribution in [0.25, 0.3) is 0 Å². The lowest BCUT2D eigenvalue weighted by Crippen LogP contribution is -2.33. The number of likely N-dealkylation sites (tertiary alicyclic amines) is 1. The highest BCUT2D eigenvalue weighted by Crippen LogP contribution is 2.21. The second kappa shape index (κ2) is 6.91. The second-order valence-electron chi connectivity index (χ2n) is 5.41. The molecule has 1 aliphatic heterocycles. The molecule has 1 aliphatic rings. The molecule has 18 heavy (non-hydrogen) atoms. The van der Waals surface area contributed by atoms with Crippen LogP contribution in [0.2, 0.25) is 0 Å². The molecule has 0 spiro atoms. The number of benzene rings is 1. The van der Waals surface area contributed by atoms with E-state index in [4.69, 9.17) is 5.73 Å². The Labute approximate surface area is 111 Å². The molecule has 2 nitrogen and oxygen atoms in total. The van der Waals surface area contributed by atoms with Crippen molar-refractivity contribution in [2.24, 2.45) is 5.73 Å². The van der Waals surface area contributed by atoms with Crippen LogP contribution in [0.3, 0.4) is 0 Å². The lowest BCUT2D eigenvalue weighted by atomic mass is 10.1. The van der Waals surface area contributed by atoms with E-state index in [0.717, 1.165) is 12.6 Å². The van der Waals surface area contributed by atoms with E-state index in [1.54, 1.807) is 0 Å². The summed E-state index contributed by atoms with van der Waals surface area (Å²) in [6, 6.07) is 9.52. The Hall–Kier alpha value is -0.860. The van der Waals surface area contributed by atoms with Gasteiger partial charge in [0, 0.05) is 19.1 Å². The molecule has 1 unspecified atom stereocenters. The lowest BCUT2D eigenvalue weighted by Gasteiger charge is -2.29. The number of nitrogens with two attached hydrogens (primary N) is 1. The monoisotopic (exact) mass is 246 g/mol. The molecule has 100 valence electrons. The first-order chi connectivity index (χ1) is 8.83. The van der Waals surface area contributed by atoms with Gasteiger partial charge in [-0.25, -0.2) is 0 Å². The third-order valence-corrected chi connectivity index (χ3v) is 4.08. The first-order valence-electron chi connectivity index (χ1n) is 7.35. The van der Waals surface area contributed by atoms with Crippen molar-refractivity contribution in [1.82, 2.24) is 4.90 Å². The minimum absolute atomic E-state index is 0.644. The van der Waals surface area contributed by atoms with E-state index >= 15 is 0 Å². The number of nitrogens with zero attached hydrogens (tertiary/aromatic N) is 1. The van der Waals surface area contributed by atoms with E-state index in [9.17, 15) is 0 Å². The fourth-order valence-corrected chi connectivity index (χ4v) is 3.00. The Morgan fingerprint density at radius 1 is 1.22 bits per heavy atom. The zero-order valence-corrected chi connectivity index (χ0v) is 11.6. The quantitative estimate of drug-likeness (QED) is 0.883. The Balaban J connectivity index is 2.05. The highest BCUT2D eigenvalue weighted by molar-refractivity contribution is 5.23. The molecule has 1 heterocycles. The molecule has 0 bridgehead atoms. The van der Waals surface area contributed by atoms with Gasteiger partial charge in [0.2, 0.25) is 0 Å². The molecule has 0 saturated carbocycles. The van der Waals surface area contributed by atoms with Gasteiger partial charge in [-0.15, -0.1) is 0 Å². The third kappa shape index (κ3) is 3.56. The molecule has 1 fully saturated rings. The van der Waals surface area contributed by atoms with Gasteiger partial charge in [-0.3, -0.25) is 4.90 Å². The van der Waals surface area contributed by atoms with Crippen molar-refractivity contribution in [2.75, 3.05) is 6.54 Å². The van der Waals surface area contributed by atoms with Crippen LogP contribution in [0.1, 0.15) is 50.2 Å². The van der Waals surface area contributed by atoms with Gasteiger partial charge < -0.3 is 5.73 Å². The van der Waals surface area contributed by atoms with E-state index in [-0.39, 0.29) is 0 Å². The zero-order chi connectivity index (χ0) is 12.8. The summed E-state index contributed by atoms with van der Waals surface area (Å²) in [4.78, 5) is 2.67. The highest BCUT2D eigenvalue weighted by Gasteiger charge is 2.19. The topological polar surface area (TPSA) is 29.3 Å². The summed E-state index contributed by atoms with van der Waals surface area (Å²) in [5, 5.41) is 0. The fraction of sp³-hybridized carbons (Fsp3) is 0.625. The van der Waals surface area contributed by atoms with E-state index in [1.165, 1.54) is 49.8 Å². The maximum atomic E-state index is 5.72. The minimum atomic E-state index is 0.644. The molecule has 0 radical (unpaired) electrons. The van der Waals surface area contributed by atoms with Gasteiger partial charge in [0.25, 0.3) is 0 Å². The summed E-state index contributed by atoms with van der Waals surface area (Å²) in [6.07, 6.45) is 6.80. The predicted octanol–water partition coefficient (Wildman–Crippen LogP) is 3.30. The molecule has 1 saturated heterocycles. The van der Waals surface area contributed by atoms with E-state index < -0.39 is 0 Å². The molecule has 1 aromatic rings. The molecule has 1 aromatic carbocycles. The first kappa shape index (κ1) is 13.6. The van der Waals surface area contributed by atoms with Gasteiger partial charge in [0.05, 0.1) is 0 Å². The minimum Gasteiger partial charge on any atom is -0.326 e. The number of hydrogen-bond donors (Lipinski definition) is 1. The maximum absolute atomic E-state index is 5.72. The molecule has 1 atom stereocenters. The summed E-state index contributed by atoms with van der Waals surface area (Å²) in [5.41, 5.74) is 8.38. The molecular formula is C16H26N2. The average molecular weight is 246 g/mol. The molecule has 0 amide bonds. The normalized spacial score (nSPS) is 21.8. The van der Waals surface area contributed by atoms with Gasteiger partial charge in [-0.1, -0.05) is 44.0 Å². The van der Waals surface area contributed by atoms with Gasteiger partial charge in [0.1, 0.15) is 0 Å². The number of hydrogen-bond acceptors (Lipinski definition) is 2. The van der Waals surface area contributed by atoms with Crippen LogP contribution in [-0.2, 0) is 13.1 Å². The van der Waals surface area contributed by atoms with Crippen molar-refractivity contribution >= 4 is 0 Å². The molecule has 2 heteroatoms. The van der Waals surface area contributed by atoms with Gasteiger partial charge in [0.15, 0.2) is 0 Å². The van der Waals surface area contributed by atoms with Gasteiger partial charge >= 0.3 is 0 Å². The summed E-state index contributed by atoms with van der Waals surface area (Å²) in [6.45, 7) is 5.31. The van der Waals surface area contributed by atoms with Crippen LogP contribution in [0.15, 0.2) is 24.3 Å². The van der Waals surface area contributed by atoms with Crippen molar-refractivity contribution in [3.63, 3.8) is 0 Å². The molecule has 2 rings (SSSR count). The van der Waals surface area contributed by atoms with Gasteiger partial charge in [-0.05, 0) is 36.9 Å². The largest absolute Gasteiger partial charge is 0.326 e. The van der Waals surface area contributed by atoms with Crippen LogP contribution in [0.4, 0.5) is 0 Å². The van der Waals surface area contributed by atoms with Crippen LogP contribution >= 0.6 is 0 Å². The SMILES string of the molecule is CCC1CCCCCN1Cc1cccc(CN)c1. The smallest absolute Gasteiger partial charge is 0.0236 e. The van der Waals surface area contributed by atoms with E-state index in [0.29, 0.717) is 6.54 Å². The molecule has 2 N–H and O–H groups in total. The molecule has 0 aliphatic carbocycles. The molecular weight excluding hydrogens is 220 g/mol. The van der Waals surface area contributed by atoms with Crippen LogP contribution in [0.5, 0.6) is 0 Å². The van der Waals surface area contributed by atoms with E-state index in [2.05, 4.69) is 36.1 Å². The average Bonchev–Trinajstić information content (AvgIpc) is 2.64. The Morgan fingerprint density at radius 2 is 2.06 bits per heavy atom. The van der Waals surface area contributed by atoms with Crippen molar-refractivity contribution in [3.8, 4) is 0 Å². The summed E-state index contributed by atoms with van der Waals surface area (Å²) in [7, 11) is 0. The first-order valence-corrected chi connectivity index (χ1v) is 7.35. The molecule has 0 aromatic heterocycles. The summed E-state index contributed by atoms with van der Waals surface area (Å²) >= 11 is 0. The summed E-state index contributed by atoms with van der Waals surface area (Å²) < 4.78 is 0. The third-order valence-electron chi connectivity index (χ3n) is 4.08. The van der Waals surface area contributed by atoms with Crippen LogP contribution in [0, 0.1) is 0 Å². The zero-order valence-electron chi connectivity index (χ0n) is 11.6. The van der Waals surface area contributed by atoms with Crippen molar-refractivity contribution in [1.29, 1.82) is 0 Å². The Kier molecular flexibility index (Phi) is 5.21. The van der Waals surface area contributed by atoms with Crippen LogP contribution < -0.4 is 5.73 Å². The Bertz CT molecular complexity index is 362. The number of rotatable bonds is 4. The van der Waals surface area contributed by atoms with E-state index in [1.807, 2.05) is 0 Å². The predicted molar refractivity (Wildman–Crippen MR) is 77.3 cm³/mol. The Morgan fingerprint density at radius 3 is 2.83 bits per heavy atom. The second-order valence-corrected chi connectivity index (χ2v) is 5.41.